The van der Waals surface area contributed by atoms with Crippen LogP contribution in [-0.2, 0) is 0 Å². The van der Waals surface area contributed by atoms with Crippen LogP contribution in [0.1, 0.15) is 50.7 Å². The van der Waals surface area contributed by atoms with E-state index in [-0.39, 0.29) is 0 Å². The predicted molar refractivity (Wildman–Crippen MR) is 70.7 cm³/mol. The van der Waals surface area contributed by atoms with Crippen molar-refractivity contribution in [2.24, 2.45) is 5.92 Å². The van der Waals surface area contributed by atoms with Crippen molar-refractivity contribution in [3.05, 3.63) is 46.5 Å². The van der Waals surface area contributed by atoms with Gasteiger partial charge in [0.1, 0.15) is 0 Å². The van der Waals surface area contributed by atoms with E-state index in [1.807, 2.05) is 0 Å². The van der Waals surface area contributed by atoms with E-state index in [1.165, 1.54) is 24.0 Å². The van der Waals surface area contributed by atoms with Crippen molar-refractivity contribution >= 4 is 0 Å². The molecule has 0 fully saturated rings. The van der Waals surface area contributed by atoms with Gasteiger partial charge < -0.3 is 0 Å². The van der Waals surface area contributed by atoms with Crippen molar-refractivity contribution in [1.29, 1.82) is 0 Å². The number of hydrogen-bond acceptors (Lipinski definition) is 0. The Bertz CT molecular complexity index is 395. The van der Waals surface area contributed by atoms with E-state index in [1.54, 1.807) is 11.1 Å². The van der Waals surface area contributed by atoms with Gasteiger partial charge in [0.25, 0.3) is 0 Å². The van der Waals surface area contributed by atoms with Crippen LogP contribution in [0.25, 0.3) is 0 Å². The van der Waals surface area contributed by atoms with Crippen molar-refractivity contribution in [2.75, 3.05) is 0 Å². The van der Waals surface area contributed by atoms with E-state index in [2.05, 4.69) is 52.0 Å². The molecule has 0 N–H and O–H groups in total. The third-order valence-corrected chi connectivity index (χ3v) is 4.08. The molecule has 2 rings (SSSR count). The fourth-order valence-corrected chi connectivity index (χ4v) is 2.76. The summed E-state index contributed by atoms with van der Waals surface area (Å²) in [6.07, 6.45) is 2.51. The molecule has 0 spiro atoms. The van der Waals surface area contributed by atoms with Gasteiger partial charge in [0, 0.05) is 0 Å². The molecule has 0 unspecified atom stereocenters. The second-order valence-corrected chi connectivity index (χ2v) is 5.46. The van der Waals surface area contributed by atoms with Crippen LogP contribution in [-0.4, -0.2) is 0 Å². The van der Waals surface area contributed by atoms with Crippen LogP contribution in [0.3, 0.4) is 0 Å². The summed E-state index contributed by atoms with van der Waals surface area (Å²) in [6, 6.07) is 9.10. The van der Waals surface area contributed by atoms with Gasteiger partial charge >= 0.3 is 0 Å². The third-order valence-electron chi connectivity index (χ3n) is 4.08. The molecule has 16 heavy (non-hydrogen) atoms. The molecule has 0 heterocycles. The van der Waals surface area contributed by atoms with E-state index >= 15 is 0 Å². The number of rotatable bonds is 1. The summed E-state index contributed by atoms with van der Waals surface area (Å²) >= 11 is 0. The fraction of sp³-hybridized carbons (Fsp3) is 0.500. The summed E-state index contributed by atoms with van der Waals surface area (Å²) < 4.78 is 0. The maximum absolute atomic E-state index is 2.39. The average Bonchev–Trinajstić information content (AvgIpc) is 2.25. The Morgan fingerprint density at radius 2 is 1.44 bits per heavy atom. The standard InChI is InChI=1S/C16H22/c1-11-5-7-15(8-6-11)16-10-13(3)12(2)9-14(16)4/h5-8,14,16H,9-10H2,1-4H3/t14-,16-/m1/s1. The molecule has 1 aliphatic rings. The molecule has 0 radical (unpaired) electrons. The highest BCUT2D eigenvalue weighted by molar-refractivity contribution is 5.29. The minimum absolute atomic E-state index is 0.726. The van der Waals surface area contributed by atoms with Crippen LogP contribution >= 0.6 is 0 Å². The highest BCUT2D eigenvalue weighted by Crippen LogP contribution is 2.40. The first-order chi connectivity index (χ1) is 7.58. The first-order valence-electron chi connectivity index (χ1n) is 6.29. The zero-order chi connectivity index (χ0) is 11.7. The van der Waals surface area contributed by atoms with Gasteiger partial charge in [-0.2, -0.15) is 0 Å². The van der Waals surface area contributed by atoms with Crippen LogP contribution in [0.15, 0.2) is 35.4 Å². The summed E-state index contributed by atoms with van der Waals surface area (Å²) in [4.78, 5) is 0. The fourth-order valence-electron chi connectivity index (χ4n) is 2.76. The lowest BCUT2D eigenvalue weighted by atomic mass is 9.74. The van der Waals surface area contributed by atoms with Gasteiger partial charge in [-0.1, -0.05) is 47.9 Å². The van der Waals surface area contributed by atoms with Gasteiger partial charge in [0.15, 0.2) is 0 Å². The molecule has 0 aromatic heterocycles. The predicted octanol–water partition coefficient (Wildman–Crippen LogP) is 4.84. The minimum atomic E-state index is 0.726. The van der Waals surface area contributed by atoms with Crippen molar-refractivity contribution in [3.8, 4) is 0 Å². The topological polar surface area (TPSA) is 0 Å². The molecule has 0 saturated heterocycles. The largest absolute Gasteiger partial charge is 0.0741 e. The molecular weight excluding hydrogens is 192 g/mol. The molecule has 1 aromatic rings. The van der Waals surface area contributed by atoms with Crippen molar-refractivity contribution in [2.45, 2.75) is 46.5 Å². The lowest BCUT2D eigenvalue weighted by Gasteiger charge is -2.31. The van der Waals surface area contributed by atoms with Crippen LogP contribution in [0, 0.1) is 12.8 Å². The van der Waals surface area contributed by atoms with Crippen molar-refractivity contribution in [1.82, 2.24) is 0 Å². The molecule has 0 nitrogen and oxygen atoms in total. The second-order valence-electron chi connectivity index (χ2n) is 5.46. The lowest BCUT2D eigenvalue weighted by molar-refractivity contribution is 0.424. The summed E-state index contributed by atoms with van der Waals surface area (Å²) in [5.41, 5.74) is 6.08. The smallest absolute Gasteiger partial charge is 0.00960 e. The molecular formula is C16H22. The molecule has 0 bridgehead atoms. The zero-order valence-electron chi connectivity index (χ0n) is 10.9. The van der Waals surface area contributed by atoms with Crippen LogP contribution in [0.5, 0.6) is 0 Å². The second kappa shape index (κ2) is 4.45. The molecule has 2 atom stereocenters. The highest BCUT2D eigenvalue weighted by atomic mass is 14.3. The highest BCUT2D eigenvalue weighted by Gasteiger charge is 2.24. The van der Waals surface area contributed by atoms with Crippen LogP contribution in [0.4, 0.5) is 0 Å². The van der Waals surface area contributed by atoms with Gasteiger partial charge in [0.05, 0.1) is 0 Å². The zero-order valence-corrected chi connectivity index (χ0v) is 10.9. The number of benzene rings is 1. The van der Waals surface area contributed by atoms with Crippen LogP contribution in [0.2, 0.25) is 0 Å². The summed E-state index contributed by atoms with van der Waals surface area (Å²) in [5.74, 6) is 1.51. The van der Waals surface area contributed by atoms with Gasteiger partial charge in [-0.05, 0) is 51.0 Å². The first kappa shape index (κ1) is 11.4. The molecule has 0 amide bonds. The van der Waals surface area contributed by atoms with E-state index < -0.39 is 0 Å². The molecule has 1 aromatic carbocycles. The maximum atomic E-state index is 2.39. The van der Waals surface area contributed by atoms with Crippen molar-refractivity contribution in [3.63, 3.8) is 0 Å². The monoisotopic (exact) mass is 214 g/mol. The van der Waals surface area contributed by atoms with Gasteiger partial charge in [-0.15, -0.1) is 0 Å². The Hall–Kier alpha value is -1.04. The molecule has 1 aliphatic carbocycles. The van der Waals surface area contributed by atoms with Gasteiger partial charge in [-0.25, -0.2) is 0 Å². The molecule has 0 aliphatic heterocycles. The summed E-state index contributed by atoms with van der Waals surface area (Å²) in [6.45, 7) is 9.13. The normalized spacial score (nSPS) is 26.0. The van der Waals surface area contributed by atoms with E-state index in [9.17, 15) is 0 Å². The summed E-state index contributed by atoms with van der Waals surface area (Å²) in [5, 5.41) is 0. The number of allylic oxidation sites excluding steroid dienone is 2. The first-order valence-corrected chi connectivity index (χ1v) is 6.29. The van der Waals surface area contributed by atoms with Gasteiger partial charge in [-0.3, -0.25) is 0 Å². The molecule has 0 heteroatoms. The quantitative estimate of drug-likeness (QED) is 0.586. The Labute approximate surface area is 99.4 Å². The lowest BCUT2D eigenvalue weighted by Crippen LogP contribution is -2.16. The van der Waals surface area contributed by atoms with Crippen LogP contribution < -0.4 is 0 Å². The molecule has 86 valence electrons. The third kappa shape index (κ3) is 2.21. The Kier molecular flexibility index (Phi) is 3.18. The average molecular weight is 214 g/mol. The Morgan fingerprint density at radius 3 is 2.06 bits per heavy atom. The SMILES string of the molecule is CC1=C(C)C[C@@H](c2ccc(C)cc2)[C@H](C)C1. The molecule has 0 saturated carbocycles. The summed E-state index contributed by atoms with van der Waals surface area (Å²) in [7, 11) is 0. The Morgan fingerprint density at radius 1 is 0.875 bits per heavy atom. The number of aryl methyl sites for hydroxylation is 1. The van der Waals surface area contributed by atoms with E-state index in [0.29, 0.717) is 0 Å². The van der Waals surface area contributed by atoms with E-state index in [0.717, 1.165) is 11.8 Å². The van der Waals surface area contributed by atoms with Gasteiger partial charge in [0.2, 0.25) is 0 Å². The Balaban J connectivity index is 2.25. The number of hydrogen-bond donors (Lipinski definition) is 0. The minimum Gasteiger partial charge on any atom is -0.0741 e. The van der Waals surface area contributed by atoms with E-state index in [4.69, 9.17) is 0 Å². The van der Waals surface area contributed by atoms with Crippen molar-refractivity contribution < 1.29 is 0 Å². The maximum Gasteiger partial charge on any atom is -0.00960 e.